The van der Waals surface area contributed by atoms with Crippen LogP contribution in [0.1, 0.15) is 18.9 Å². The van der Waals surface area contributed by atoms with E-state index in [1.807, 2.05) is 33.7 Å². The van der Waals surface area contributed by atoms with Crippen LogP contribution in [0.25, 0.3) is 16.9 Å². The molecule has 2 aliphatic rings. The molecule has 0 bridgehead atoms. The highest BCUT2D eigenvalue weighted by atomic mass is 35.5. The van der Waals surface area contributed by atoms with Gasteiger partial charge in [0.1, 0.15) is 17.2 Å². The van der Waals surface area contributed by atoms with Crippen LogP contribution in [0, 0.1) is 0 Å². The summed E-state index contributed by atoms with van der Waals surface area (Å²) in [6.45, 7) is 7.02. The lowest BCUT2D eigenvalue weighted by molar-refractivity contribution is -0.129. The van der Waals surface area contributed by atoms with E-state index >= 15 is 0 Å². The minimum Gasteiger partial charge on any atom is -0.371 e. The normalized spacial score (nSPS) is 15.2. The topological polar surface area (TPSA) is 69.0 Å². The van der Waals surface area contributed by atoms with Crippen LogP contribution in [0.4, 0.5) is 17.2 Å². The zero-order valence-electron chi connectivity index (χ0n) is 21.9. The third-order valence-corrected chi connectivity index (χ3v) is 8.11. The molecule has 5 heterocycles. The van der Waals surface area contributed by atoms with Gasteiger partial charge in [-0.25, -0.2) is 4.98 Å². The van der Waals surface area contributed by atoms with E-state index in [1.54, 1.807) is 12.4 Å². The highest BCUT2D eigenvalue weighted by molar-refractivity contribution is 6.38. The maximum absolute atomic E-state index is 13.3. The number of nitrogens with one attached hydrogen (secondary N) is 1. The average Bonchev–Trinajstić information content (AvgIpc) is 3.53. The number of pyridine rings is 2. The summed E-state index contributed by atoms with van der Waals surface area (Å²) in [5.41, 5.74) is 6.22. The summed E-state index contributed by atoms with van der Waals surface area (Å²) in [4.78, 5) is 28.7. The average molecular weight is 565 g/mol. The monoisotopic (exact) mass is 563 g/mol. The third kappa shape index (κ3) is 4.99. The van der Waals surface area contributed by atoms with Crippen LogP contribution in [0.5, 0.6) is 0 Å². The zero-order chi connectivity index (χ0) is 26.9. The summed E-state index contributed by atoms with van der Waals surface area (Å²) >= 11 is 12.7. The standard InChI is InChI=1S/C29H31Cl2N7O/c1-2-9-35-11-8-20-16-21(6-7-24(20)35)27-29(38-10-4-3-5-25(38)34-27)33-19-26(39)36-12-14-37(15-13-36)28-22(30)17-32-18-23(28)31/h3-7,10,16-18,33H,2,8-9,11-15,19H2,1H3. The van der Waals surface area contributed by atoms with Crippen molar-refractivity contribution in [2.45, 2.75) is 19.8 Å². The molecule has 0 atom stereocenters. The fraction of sp³-hybridized carbons (Fsp3) is 0.345. The number of halogens is 2. The maximum atomic E-state index is 13.3. The predicted molar refractivity (Wildman–Crippen MR) is 158 cm³/mol. The lowest BCUT2D eigenvalue weighted by Crippen LogP contribution is -2.50. The Morgan fingerprint density at radius 3 is 2.59 bits per heavy atom. The van der Waals surface area contributed by atoms with Gasteiger partial charge in [0.15, 0.2) is 0 Å². The second-order valence-corrected chi connectivity index (χ2v) is 10.8. The molecule has 6 rings (SSSR count). The molecule has 1 amide bonds. The van der Waals surface area contributed by atoms with Crippen molar-refractivity contribution in [2.75, 3.05) is 60.9 Å². The highest BCUT2D eigenvalue weighted by Crippen LogP contribution is 2.36. The van der Waals surface area contributed by atoms with Crippen molar-refractivity contribution >= 4 is 51.9 Å². The minimum atomic E-state index is 0.0440. The number of fused-ring (bicyclic) bond motifs is 2. The fourth-order valence-corrected chi connectivity index (χ4v) is 6.25. The first kappa shape index (κ1) is 25.8. The lowest BCUT2D eigenvalue weighted by atomic mass is 10.1. The Kier molecular flexibility index (Phi) is 7.23. The number of aromatic nitrogens is 3. The van der Waals surface area contributed by atoms with Crippen molar-refractivity contribution in [1.29, 1.82) is 0 Å². The number of amides is 1. The summed E-state index contributed by atoms with van der Waals surface area (Å²) in [6, 6.07) is 12.6. The smallest absolute Gasteiger partial charge is 0.242 e. The molecule has 0 unspecified atom stereocenters. The van der Waals surface area contributed by atoms with Crippen molar-refractivity contribution in [3.63, 3.8) is 0 Å². The fourth-order valence-electron chi connectivity index (χ4n) is 5.64. The van der Waals surface area contributed by atoms with Crippen molar-refractivity contribution in [3.05, 3.63) is 70.6 Å². The van der Waals surface area contributed by atoms with Gasteiger partial charge in [-0.15, -0.1) is 0 Å². The first-order valence-corrected chi connectivity index (χ1v) is 14.2. The summed E-state index contributed by atoms with van der Waals surface area (Å²) in [6.07, 6.45) is 7.35. The SMILES string of the molecule is CCCN1CCc2cc(-c3nc4ccccn4c3NCC(=O)N3CCN(c4c(Cl)cncc4Cl)CC3)ccc21. The first-order valence-electron chi connectivity index (χ1n) is 13.4. The highest BCUT2D eigenvalue weighted by Gasteiger charge is 2.25. The molecule has 0 spiro atoms. The lowest BCUT2D eigenvalue weighted by Gasteiger charge is -2.36. The van der Waals surface area contributed by atoms with E-state index in [0.717, 1.165) is 54.3 Å². The van der Waals surface area contributed by atoms with Crippen LogP contribution in [0.2, 0.25) is 10.0 Å². The Bertz CT molecular complexity index is 1490. The van der Waals surface area contributed by atoms with Gasteiger partial charge in [-0.1, -0.05) is 42.3 Å². The minimum absolute atomic E-state index is 0.0440. The number of carbonyl (C=O) groups excluding carboxylic acids is 1. The molecule has 0 aliphatic carbocycles. The molecule has 2 aliphatic heterocycles. The molecular weight excluding hydrogens is 533 g/mol. The second kappa shape index (κ2) is 10.9. The van der Waals surface area contributed by atoms with E-state index in [1.165, 1.54) is 11.3 Å². The van der Waals surface area contributed by atoms with Crippen molar-refractivity contribution in [1.82, 2.24) is 19.3 Å². The number of nitrogens with zero attached hydrogens (tertiary/aromatic N) is 6. The predicted octanol–water partition coefficient (Wildman–Crippen LogP) is 5.24. The molecular formula is C29H31Cl2N7O. The zero-order valence-corrected chi connectivity index (χ0v) is 23.4. The van der Waals surface area contributed by atoms with Gasteiger partial charge in [-0.3, -0.25) is 14.2 Å². The van der Waals surface area contributed by atoms with E-state index in [0.29, 0.717) is 36.2 Å². The summed E-state index contributed by atoms with van der Waals surface area (Å²) < 4.78 is 2.02. The number of imidazole rings is 1. The van der Waals surface area contributed by atoms with Gasteiger partial charge in [0.25, 0.3) is 0 Å². The van der Waals surface area contributed by atoms with Gasteiger partial charge in [0, 0.05) is 69.1 Å². The Balaban J connectivity index is 1.18. The van der Waals surface area contributed by atoms with Gasteiger partial charge >= 0.3 is 0 Å². The van der Waals surface area contributed by atoms with Gasteiger partial charge in [-0.05, 0) is 42.7 Å². The van der Waals surface area contributed by atoms with Crippen LogP contribution in [-0.2, 0) is 11.2 Å². The Hall–Kier alpha value is -3.49. The molecule has 39 heavy (non-hydrogen) atoms. The van der Waals surface area contributed by atoms with Crippen LogP contribution in [0.15, 0.2) is 55.0 Å². The van der Waals surface area contributed by atoms with Crippen molar-refractivity contribution < 1.29 is 4.79 Å². The van der Waals surface area contributed by atoms with Crippen LogP contribution in [-0.4, -0.2) is 71.0 Å². The molecule has 1 N–H and O–H groups in total. The molecule has 1 saturated heterocycles. The van der Waals surface area contributed by atoms with Gasteiger partial charge in [0.2, 0.25) is 5.91 Å². The summed E-state index contributed by atoms with van der Waals surface area (Å²) in [5.74, 6) is 0.874. The number of hydrogen-bond acceptors (Lipinski definition) is 6. The number of piperazine rings is 1. The maximum Gasteiger partial charge on any atom is 0.242 e. The second-order valence-electron chi connectivity index (χ2n) is 9.99. The largest absolute Gasteiger partial charge is 0.371 e. The molecule has 10 heteroatoms. The number of hydrogen-bond donors (Lipinski definition) is 1. The van der Waals surface area contributed by atoms with Gasteiger partial charge in [-0.2, -0.15) is 0 Å². The van der Waals surface area contributed by atoms with E-state index in [2.05, 4.69) is 45.2 Å². The molecule has 0 saturated carbocycles. The molecule has 8 nitrogen and oxygen atoms in total. The molecule has 3 aromatic heterocycles. The van der Waals surface area contributed by atoms with Crippen LogP contribution >= 0.6 is 23.2 Å². The summed E-state index contributed by atoms with van der Waals surface area (Å²) in [5, 5.41) is 4.47. The summed E-state index contributed by atoms with van der Waals surface area (Å²) in [7, 11) is 0. The van der Waals surface area contributed by atoms with Crippen LogP contribution in [0.3, 0.4) is 0 Å². The Morgan fingerprint density at radius 2 is 1.82 bits per heavy atom. The van der Waals surface area contributed by atoms with Gasteiger partial charge in [0.05, 0.1) is 22.3 Å². The molecule has 202 valence electrons. The van der Waals surface area contributed by atoms with E-state index in [-0.39, 0.29) is 12.5 Å². The van der Waals surface area contributed by atoms with Crippen molar-refractivity contribution in [3.8, 4) is 11.3 Å². The number of anilines is 3. The number of rotatable bonds is 7. The van der Waals surface area contributed by atoms with Crippen molar-refractivity contribution in [2.24, 2.45) is 0 Å². The first-order chi connectivity index (χ1) is 19.0. The van der Waals surface area contributed by atoms with E-state index in [4.69, 9.17) is 28.2 Å². The number of carbonyl (C=O) groups is 1. The quantitative estimate of drug-likeness (QED) is 0.332. The van der Waals surface area contributed by atoms with E-state index in [9.17, 15) is 4.79 Å². The van der Waals surface area contributed by atoms with E-state index < -0.39 is 0 Å². The molecule has 1 aromatic carbocycles. The Morgan fingerprint density at radius 1 is 1.03 bits per heavy atom. The molecule has 0 radical (unpaired) electrons. The Labute approximate surface area is 238 Å². The molecule has 4 aromatic rings. The number of benzene rings is 1. The molecule has 1 fully saturated rings. The van der Waals surface area contributed by atoms with Gasteiger partial charge < -0.3 is 20.0 Å². The van der Waals surface area contributed by atoms with Crippen LogP contribution < -0.4 is 15.1 Å². The third-order valence-electron chi connectivity index (χ3n) is 7.55.